The molecule has 380 valence electrons. The van der Waals surface area contributed by atoms with Crippen molar-refractivity contribution >= 4 is 30.1 Å². The lowest BCUT2D eigenvalue weighted by Crippen LogP contribution is -2.52. The van der Waals surface area contributed by atoms with E-state index in [1.807, 2.05) is 94.6 Å². The first-order valence-electron chi connectivity index (χ1n) is 24.6. The number of ether oxygens (including phenoxy) is 5. The minimum absolute atomic E-state index is 0.0864. The fraction of sp³-hybridized carbons (Fsp3) is 0.453. The number of aromatic amines is 2. The van der Waals surface area contributed by atoms with Crippen LogP contribution in [0.25, 0.3) is 33.6 Å². The molecule has 4 N–H and O–H groups in total. The monoisotopic (exact) mass is 985 g/mol. The molecule has 5 amide bonds. The smallest absolute Gasteiger partial charge is 0.410 e. The van der Waals surface area contributed by atoms with Gasteiger partial charge in [0, 0.05) is 36.8 Å². The molecular formula is C53H63N9O10. The highest BCUT2D eigenvalue weighted by atomic mass is 16.7. The zero-order chi connectivity index (χ0) is 51.0. The molecule has 4 aliphatic heterocycles. The molecule has 0 bridgehead atoms. The van der Waals surface area contributed by atoms with E-state index in [1.165, 1.54) is 7.11 Å². The molecule has 72 heavy (non-hydrogen) atoms. The summed E-state index contributed by atoms with van der Waals surface area (Å²) < 4.78 is 27.7. The van der Waals surface area contributed by atoms with Gasteiger partial charge >= 0.3 is 18.3 Å². The number of H-pyrrole nitrogens is 2. The number of methoxy groups -OCH3 is 1. The van der Waals surface area contributed by atoms with E-state index in [0.29, 0.717) is 42.8 Å². The van der Waals surface area contributed by atoms with Crippen LogP contribution in [0, 0.1) is 11.8 Å². The molecule has 4 aliphatic rings. The molecular weight excluding hydrogens is 923 g/mol. The average Bonchev–Trinajstić information content (AvgIpc) is 4.22. The van der Waals surface area contributed by atoms with Gasteiger partial charge in [-0.15, -0.1) is 0 Å². The molecule has 5 atom stereocenters. The molecule has 19 heteroatoms. The van der Waals surface area contributed by atoms with E-state index in [0.717, 1.165) is 57.6 Å². The number of imidazole rings is 2. The second-order valence-corrected chi connectivity index (χ2v) is 20.5. The van der Waals surface area contributed by atoms with Crippen molar-refractivity contribution in [3.63, 3.8) is 0 Å². The summed E-state index contributed by atoms with van der Waals surface area (Å²) in [6.07, 6.45) is 2.91. The van der Waals surface area contributed by atoms with Crippen LogP contribution >= 0.6 is 0 Å². The van der Waals surface area contributed by atoms with Crippen molar-refractivity contribution in [2.45, 2.75) is 117 Å². The number of carbonyl (C=O) groups is 5. The molecule has 0 aliphatic carbocycles. The lowest BCUT2D eigenvalue weighted by molar-refractivity contribution is -0.136. The second kappa shape index (κ2) is 20.3. The van der Waals surface area contributed by atoms with E-state index < -0.39 is 48.1 Å². The van der Waals surface area contributed by atoms with E-state index in [-0.39, 0.29) is 49.5 Å². The van der Waals surface area contributed by atoms with Crippen LogP contribution in [-0.4, -0.2) is 116 Å². The van der Waals surface area contributed by atoms with Crippen LogP contribution in [0.15, 0.2) is 73.1 Å². The molecule has 6 heterocycles. The highest BCUT2D eigenvalue weighted by Crippen LogP contribution is 2.42. The minimum Gasteiger partial charge on any atom is -0.454 e. The van der Waals surface area contributed by atoms with Crippen molar-refractivity contribution in [1.82, 2.24) is 45.3 Å². The van der Waals surface area contributed by atoms with Crippen LogP contribution < -0.4 is 20.1 Å². The molecule has 3 aromatic carbocycles. The van der Waals surface area contributed by atoms with Crippen LogP contribution in [0.5, 0.6) is 11.5 Å². The van der Waals surface area contributed by atoms with E-state index in [9.17, 15) is 24.0 Å². The molecule has 2 fully saturated rings. The van der Waals surface area contributed by atoms with Gasteiger partial charge in [-0.2, -0.15) is 0 Å². The van der Waals surface area contributed by atoms with Crippen molar-refractivity contribution in [2.75, 3.05) is 27.0 Å². The third kappa shape index (κ3) is 10.4. The maximum absolute atomic E-state index is 14.5. The van der Waals surface area contributed by atoms with E-state index in [4.69, 9.17) is 33.7 Å². The first-order chi connectivity index (χ1) is 34.4. The summed E-state index contributed by atoms with van der Waals surface area (Å²) >= 11 is 0. The summed E-state index contributed by atoms with van der Waals surface area (Å²) in [6, 6.07) is 17.5. The fourth-order valence-corrected chi connectivity index (χ4v) is 9.88. The summed E-state index contributed by atoms with van der Waals surface area (Å²) in [5, 5.41) is 5.49. The van der Waals surface area contributed by atoms with Gasteiger partial charge in [0.25, 0.3) is 0 Å². The first-order valence-corrected chi connectivity index (χ1v) is 24.6. The molecule has 5 aromatic rings. The van der Waals surface area contributed by atoms with Crippen LogP contribution in [-0.2, 0) is 36.9 Å². The highest BCUT2D eigenvalue weighted by molar-refractivity contribution is 5.87. The van der Waals surface area contributed by atoms with Gasteiger partial charge < -0.3 is 54.1 Å². The van der Waals surface area contributed by atoms with Gasteiger partial charge in [-0.3, -0.25) is 14.5 Å². The lowest BCUT2D eigenvalue weighted by atomic mass is 10.0. The molecule has 0 radical (unpaired) electrons. The molecule has 9 rings (SSSR count). The SMILES string of the molecule is COC(=O)N[C@H](C(=O)N1CCC[C@H]1c1nc(-c2ccc(-c3ccc(-c4cnc([C@@H]5C[C@@H](OC(=O)N6Cc7ccc8c(c7C6)OCO8)CN5C(=O)[C@@H](NC(=O)OC(C)(C)C)C(C)C)[nH]4)cc3)cc2)c[nH]1)C(C)C. The van der Waals surface area contributed by atoms with Gasteiger partial charge in [-0.1, -0.05) is 82.3 Å². The van der Waals surface area contributed by atoms with Gasteiger partial charge in [0.2, 0.25) is 18.6 Å². The van der Waals surface area contributed by atoms with E-state index >= 15 is 0 Å². The Hall–Kier alpha value is -7.57. The summed E-state index contributed by atoms with van der Waals surface area (Å²) in [6.45, 7) is 14.2. The first kappa shape index (κ1) is 49.4. The van der Waals surface area contributed by atoms with Crippen molar-refractivity contribution in [2.24, 2.45) is 11.8 Å². The predicted octanol–water partition coefficient (Wildman–Crippen LogP) is 8.25. The summed E-state index contributed by atoms with van der Waals surface area (Å²) in [5.74, 6) is 1.58. The third-order valence-corrected chi connectivity index (χ3v) is 13.6. The zero-order valence-corrected chi connectivity index (χ0v) is 41.9. The van der Waals surface area contributed by atoms with Crippen molar-refractivity contribution in [3.05, 3.63) is 95.8 Å². The number of fused-ring (bicyclic) bond motifs is 3. The van der Waals surface area contributed by atoms with Gasteiger partial charge in [0.1, 0.15) is 35.4 Å². The Kier molecular flexibility index (Phi) is 13.9. The average molecular weight is 986 g/mol. The van der Waals surface area contributed by atoms with Crippen molar-refractivity contribution in [1.29, 1.82) is 0 Å². The lowest BCUT2D eigenvalue weighted by Gasteiger charge is -2.31. The number of nitrogens with one attached hydrogen (secondary N) is 4. The number of rotatable bonds is 12. The Bertz CT molecular complexity index is 2820. The Morgan fingerprint density at radius 2 is 1.43 bits per heavy atom. The molecule has 2 aromatic heterocycles. The number of likely N-dealkylation sites (tertiary alicyclic amines) is 2. The maximum Gasteiger partial charge on any atom is 0.410 e. The van der Waals surface area contributed by atoms with Crippen LogP contribution in [0.4, 0.5) is 14.4 Å². The molecule has 0 saturated carbocycles. The number of aromatic nitrogens is 4. The third-order valence-electron chi connectivity index (χ3n) is 13.6. The number of hydrogen-bond acceptors (Lipinski definition) is 12. The minimum atomic E-state index is -0.927. The normalized spacial score (nSPS) is 19.1. The van der Waals surface area contributed by atoms with Gasteiger partial charge in [0.05, 0.1) is 49.9 Å². The number of carbonyl (C=O) groups excluding carboxylic acids is 5. The van der Waals surface area contributed by atoms with E-state index in [1.54, 1.807) is 41.7 Å². The number of benzene rings is 3. The summed E-state index contributed by atoms with van der Waals surface area (Å²) in [4.78, 5) is 88.4. The predicted molar refractivity (Wildman–Crippen MR) is 264 cm³/mol. The largest absolute Gasteiger partial charge is 0.454 e. The Balaban J connectivity index is 0.883. The van der Waals surface area contributed by atoms with Gasteiger partial charge in [0.15, 0.2) is 11.5 Å². The maximum atomic E-state index is 14.5. The van der Waals surface area contributed by atoms with Gasteiger partial charge in [-0.25, -0.2) is 24.4 Å². The van der Waals surface area contributed by atoms with Crippen LogP contribution in [0.3, 0.4) is 0 Å². The topological polar surface area (TPSA) is 223 Å². The second-order valence-electron chi connectivity index (χ2n) is 20.5. The molecule has 0 unspecified atom stereocenters. The number of hydrogen-bond donors (Lipinski definition) is 4. The quantitative estimate of drug-likeness (QED) is 0.0868. The zero-order valence-electron chi connectivity index (χ0n) is 41.9. The van der Waals surface area contributed by atoms with Crippen LogP contribution in [0.1, 0.15) is 103 Å². The van der Waals surface area contributed by atoms with Crippen molar-refractivity contribution < 1.29 is 47.7 Å². The van der Waals surface area contributed by atoms with E-state index in [2.05, 4.69) is 20.6 Å². The fourth-order valence-electron chi connectivity index (χ4n) is 9.88. The number of amides is 5. The Morgan fingerprint density at radius 3 is 2.10 bits per heavy atom. The van der Waals surface area contributed by atoms with Crippen LogP contribution in [0.2, 0.25) is 0 Å². The highest BCUT2D eigenvalue weighted by Gasteiger charge is 2.44. The Morgan fingerprint density at radius 1 is 0.778 bits per heavy atom. The summed E-state index contributed by atoms with van der Waals surface area (Å²) in [5.41, 5.74) is 6.35. The number of nitrogens with zero attached hydrogens (tertiary/aromatic N) is 5. The molecule has 2 saturated heterocycles. The number of alkyl carbamates (subject to hydrolysis) is 2. The van der Waals surface area contributed by atoms with Gasteiger partial charge in [-0.05, 0) is 73.8 Å². The molecule has 19 nitrogen and oxygen atoms in total. The molecule has 0 spiro atoms. The van der Waals surface area contributed by atoms with Crippen molar-refractivity contribution in [3.8, 4) is 45.1 Å². The Labute approximate surface area is 418 Å². The standard InChI is InChI=1S/C53H63N9O10/c1-29(2)43(58-50(65)68-8)48(63)61-21-9-10-40(61)46-54-23-38(56-46)33-15-11-31(12-16-33)32-13-17-34(18-14-32)39-24-55-47(57-39)41-22-36(26-62(41)49(64)44(30(3)4)59-51(66)72-53(5,6)7)71-52(67)60-25-35-19-20-42-45(37(35)27-60)70-28-69-42/h11-20,23-24,29-30,36,40-41,43-44H,9-10,21-22,25-28H2,1-8H3,(H,54,56)(H,55,57)(H,58,65)(H,59,66)/t36-,40+,41+,43+,44+/m1/s1. The summed E-state index contributed by atoms with van der Waals surface area (Å²) in [7, 11) is 1.28.